The zero-order valence-corrected chi connectivity index (χ0v) is 11.0. The van der Waals surface area contributed by atoms with E-state index in [1.165, 1.54) is 6.42 Å². The highest BCUT2D eigenvalue weighted by Crippen LogP contribution is 2.22. The van der Waals surface area contributed by atoms with E-state index in [9.17, 15) is 4.79 Å². The van der Waals surface area contributed by atoms with Crippen LogP contribution >= 0.6 is 0 Å². The van der Waals surface area contributed by atoms with Gasteiger partial charge in [0.2, 0.25) is 0 Å². The summed E-state index contributed by atoms with van der Waals surface area (Å²) in [5.41, 5.74) is -0.420. The number of carbonyl (C=O) groups is 1. The first-order valence-corrected chi connectivity index (χ1v) is 5.95. The lowest BCUT2D eigenvalue weighted by molar-refractivity contribution is 0.0485. The molecule has 0 spiro atoms. The average Bonchev–Trinajstić information content (AvgIpc) is 2.47. The number of hydrogen-bond acceptors (Lipinski definition) is 3. The van der Waals surface area contributed by atoms with Crippen LogP contribution in [0.2, 0.25) is 0 Å². The maximum atomic E-state index is 11.6. The van der Waals surface area contributed by atoms with E-state index in [0.29, 0.717) is 6.04 Å². The number of alkyl carbamates (subject to hydrolysis) is 1. The lowest BCUT2D eigenvalue weighted by Gasteiger charge is -2.28. The molecule has 1 rings (SSSR count). The molecule has 0 aromatic heterocycles. The summed E-state index contributed by atoms with van der Waals surface area (Å²) in [4.78, 5) is 13.8. The molecule has 0 aromatic carbocycles. The van der Waals surface area contributed by atoms with Crippen molar-refractivity contribution in [2.75, 3.05) is 14.1 Å². The van der Waals surface area contributed by atoms with E-state index in [0.717, 1.165) is 12.8 Å². The van der Waals surface area contributed by atoms with Gasteiger partial charge < -0.3 is 15.0 Å². The van der Waals surface area contributed by atoms with Crippen LogP contribution in [0.4, 0.5) is 4.79 Å². The summed E-state index contributed by atoms with van der Waals surface area (Å²) in [7, 11) is 4.11. The van der Waals surface area contributed by atoms with Gasteiger partial charge >= 0.3 is 6.09 Å². The monoisotopic (exact) mass is 228 g/mol. The second kappa shape index (κ2) is 5.04. The number of amides is 1. The minimum Gasteiger partial charge on any atom is -0.444 e. The van der Waals surface area contributed by atoms with Gasteiger partial charge in [-0.3, -0.25) is 0 Å². The molecule has 0 radical (unpaired) electrons. The van der Waals surface area contributed by atoms with Crippen molar-refractivity contribution in [1.29, 1.82) is 0 Å². The molecule has 1 fully saturated rings. The van der Waals surface area contributed by atoms with E-state index in [1.807, 2.05) is 20.8 Å². The Morgan fingerprint density at radius 2 is 1.94 bits per heavy atom. The molecule has 1 aliphatic rings. The quantitative estimate of drug-likeness (QED) is 0.786. The normalized spacial score (nSPS) is 25.9. The maximum Gasteiger partial charge on any atom is 0.407 e. The summed E-state index contributed by atoms with van der Waals surface area (Å²) in [6.07, 6.45) is 3.06. The molecule has 0 heterocycles. The third-order valence-electron chi connectivity index (χ3n) is 2.84. The minimum absolute atomic E-state index is 0.227. The topological polar surface area (TPSA) is 41.6 Å². The Morgan fingerprint density at radius 3 is 2.44 bits per heavy atom. The maximum absolute atomic E-state index is 11.6. The fraction of sp³-hybridized carbons (Fsp3) is 0.917. The van der Waals surface area contributed by atoms with Crippen molar-refractivity contribution in [3.8, 4) is 0 Å². The van der Waals surface area contributed by atoms with Gasteiger partial charge in [-0.1, -0.05) is 0 Å². The molecule has 2 atom stereocenters. The Balaban J connectivity index is 2.44. The Morgan fingerprint density at radius 1 is 1.31 bits per heavy atom. The van der Waals surface area contributed by atoms with Crippen molar-refractivity contribution in [3.63, 3.8) is 0 Å². The van der Waals surface area contributed by atoms with E-state index in [4.69, 9.17) is 4.74 Å². The van der Waals surface area contributed by atoms with Crippen molar-refractivity contribution < 1.29 is 9.53 Å². The third kappa shape index (κ3) is 4.00. The SMILES string of the molecule is CN(C)[C@@H]1CCC[C@H]1NC(=O)OC(C)(C)C. The van der Waals surface area contributed by atoms with Gasteiger partial charge in [0.1, 0.15) is 5.60 Å². The van der Waals surface area contributed by atoms with Crippen LogP contribution in [0.3, 0.4) is 0 Å². The predicted molar refractivity (Wildman–Crippen MR) is 64.5 cm³/mol. The van der Waals surface area contributed by atoms with Crippen LogP contribution in [0.25, 0.3) is 0 Å². The summed E-state index contributed by atoms with van der Waals surface area (Å²) in [6, 6.07) is 0.664. The van der Waals surface area contributed by atoms with Crippen molar-refractivity contribution in [2.45, 2.75) is 57.7 Å². The average molecular weight is 228 g/mol. The molecule has 1 saturated carbocycles. The second-order valence-electron chi connectivity index (χ2n) is 5.71. The molecule has 4 heteroatoms. The van der Waals surface area contributed by atoms with Crippen molar-refractivity contribution in [1.82, 2.24) is 10.2 Å². The largest absolute Gasteiger partial charge is 0.444 e. The number of likely N-dealkylation sites (N-methyl/N-ethyl adjacent to an activating group) is 1. The second-order valence-corrected chi connectivity index (χ2v) is 5.71. The molecule has 1 aliphatic carbocycles. The molecule has 0 unspecified atom stereocenters. The summed E-state index contributed by atoms with van der Waals surface area (Å²) < 4.78 is 5.26. The molecule has 0 saturated heterocycles. The van der Waals surface area contributed by atoms with Gasteiger partial charge in [0.15, 0.2) is 0 Å². The highest BCUT2D eigenvalue weighted by Gasteiger charge is 2.31. The number of ether oxygens (including phenoxy) is 1. The lowest BCUT2D eigenvalue weighted by atomic mass is 10.1. The fourth-order valence-corrected chi connectivity index (χ4v) is 2.19. The molecule has 94 valence electrons. The summed E-state index contributed by atoms with van der Waals surface area (Å²) in [5, 5.41) is 2.96. The van der Waals surface area contributed by atoms with Crippen LogP contribution in [0.15, 0.2) is 0 Å². The number of hydrogen-bond donors (Lipinski definition) is 1. The molecule has 0 bridgehead atoms. The summed E-state index contributed by atoms with van der Waals surface area (Å²) >= 11 is 0. The Hall–Kier alpha value is -0.770. The van der Waals surface area contributed by atoms with Gasteiger partial charge in [-0.2, -0.15) is 0 Å². The molecule has 0 aromatic rings. The number of carbonyl (C=O) groups excluding carboxylic acids is 1. The van der Waals surface area contributed by atoms with Gasteiger partial charge in [-0.05, 0) is 54.1 Å². The highest BCUT2D eigenvalue weighted by molar-refractivity contribution is 5.68. The molecule has 16 heavy (non-hydrogen) atoms. The Kier molecular flexibility index (Phi) is 4.19. The van der Waals surface area contributed by atoms with Gasteiger partial charge in [-0.25, -0.2) is 4.79 Å². The first kappa shape index (κ1) is 13.3. The van der Waals surface area contributed by atoms with Gasteiger partial charge in [0, 0.05) is 12.1 Å². The first-order chi connectivity index (χ1) is 7.29. The van der Waals surface area contributed by atoms with E-state index in [2.05, 4.69) is 24.3 Å². The van der Waals surface area contributed by atoms with Crippen molar-refractivity contribution in [3.05, 3.63) is 0 Å². The van der Waals surface area contributed by atoms with Crippen LogP contribution < -0.4 is 5.32 Å². The van der Waals surface area contributed by atoms with Gasteiger partial charge in [-0.15, -0.1) is 0 Å². The Bertz CT molecular complexity index is 246. The zero-order chi connectivity index (χ0) is 12.3. The first-order valence-electron chi connectivity index (χ1n) is 5.95. The number of nitrogens with zero attached hydrogens (tertiary/aromatic N) is 1. The molecule has 0 aliphatic heterocycles. The van der Waals surface area contributed by atoms with Crippen LogP contribution in [0, 0.1) is 0 Å². The minimum atomic E-state index is -0.420. The standard InChI is InChI=1S/C12H24N2O2/c1-12(2,3)16-11(15)13-9-7-6-8-10(9)14(4)5/h9-10H,6-8H2,1-5H3,(H,13,15)/t9-,10-/m1/s1. The van der Waals surface area contributed by atoms with Crippen LogP contribution in [0.5, 0.6) is 0 Å². The number of rotatable bonds is 2. The van der Waals surface area contributed by atoms with E-state index < -0.39 is 5.60 Å². The van der Waals surface area contributed by atoms with Crippen LogP contribution in [-0.2, 0) is 4.74 Å². The molecule has 1 N–H and O–H groups in total. The van der Waals surface area contributed by atoms with Gasteiger partial charge in [0.05, 0.1) is 0 Å². The van der Waals surface area contributed by atoms with E-state index in [-0.39, 0.29) is 12.1 Å². The van der Waals surface area contributed by atoms with Crippen LogP contribution in [0.1, 0.15) is 40.0 Å². The molecular weight excluding hydrogens is 204 g/mol. The van der Waals surface area contributed by atoms with Crippen molar-refractivity contribution >= 4 is 6.09 Å². The number of nitrogens with one attached hydrogen (secondary N) is 1. The Labute approximate surface area is 98.3 Å². The summed E-state index contributed by atoms with van der Waals surface area (Å²) in [5.74, 6) is 0. The highest BCUT2D eigenvalue weighted by atomic mass is 16.6. The molecular formula is C12H24N2O2. The third-order valence-corrected chi connectivity index (χ3v) is 2.84. The zero-order valence-electron chi connectivity index (χ0n) is 11.0. The van der Waals surface area contributed by atoms with E-state index in [1.54, 1.807) is 0 Å². The molecule has 1 amide bonds. The molecule has 4 nitrogen and oxygen atoms in total. The smallest absolute Gasteiger partial charge is 0.407 e. The fourth-order valence-electron chi connectivity index (χ4n) is 2.19. The van der Waals surface area contributed by atoms with Gasteiger partial charge in [0.25, 0.3) is 0 Å². The lowest BCUT2D eigenvalue weighted by Crippen LogP contribution is -2.47. The van der Waals surface area contributed by atoms with E-state index >= 15 is 0 Å². The van der Waals surface area contributed by atoms with Crippen molar-refractivity contribution in [2.24, 2.45) is 0 Å². The summed E-state index contributed by atoms with van der Waals surface area (Å²) in [6.45, 7) is 5.64. The van der Waals surface area contributed by atoms with Crippen LogP contribution in [-0.4, -0.2) is 42.8 Å². The predicted octanol–water partition coefficient (Wildman–Crippen LogP) is 1.99.